The van der Waals surface area contributed by atoms with Crippen molar-refractivity contribution < 1.29 is 13.9 Å². The molecular weight excluding hydrogens is 385 g/mol. The Labute approximate surface area is 165 Å². The van der Waals surface area contributed by atoms with E-state index in [0.29, 0.717) is 43.8 Å². The molecule has 0 unspecified atom stereocenters. The van der Waals surface area contributed by atoms with E-state index in [9.17, 15) is 9.18 Å². The highest BCUT2D eigenvalue weighted by Gasteiger charge is 2.14. The Morgan fingerprint density at radius 3 is 2.96 bits per heavy atom. The number of benzene rings is 1. The minimum absolute atomic E-state index is 0.0705. The van der Waals surface area contributed by atoms with E-state index in [1.807, 2.05) is 6.07 Å². The normalized spacial score (nSPS) is 10.8. The van der Waals surface area contributed by atoms with Crippen LogP contribution in [0, 0.1) is 17.1 Å². The van der Waals surface area contributed by atoms with Crippen LogP contribution in [0.1, 0.15) is 27.9 Å². The van der Waals surface area contributed by atoms with Crippen molar-refractivity contribution >= 4 is 23.2 Å². The number of nitriles is 1. The van der Waals surface area contributed by atoms with Gasteiger partial charge in [-0.05, 0) is 23.3 Å². The summed E-state index contributed by atoms with van der Waals surface area (Å²) in [5.74, 6) is -0.762. The topological polar surface area (TPSA) is 92.3 Å². The number of hydrogen-bond acceptors (Lipinski definition) is 5. The van der Waals surface area contributed by atoms with Crippen LogP contribution in [0.3, 0.4) is 0 Å². The van der Waals surface area contributed by atoms with Gasteiger partial charge in [0.05, 0.1) is 36.9 Å². The summed E-state index contributed by atoms with van der Waals surface area (Å²) < 4.78 is 20.0. The van der Waals surface area contributed by atoms with Gasteiger partial charge >= 0.3 is 0 Å². The van der Waals surface area contributed by atoms with Crippen molar-refractivity contribution in [3.05, 3.63) is 64.3 Å². The molecule has 0 aliphatic carbocycles. The Hall–Kier alpha value is -3.02. The monoisotopic (exact) mass is 401 g/mol. The molecule has 0 saturated carbocycles. The first kappa shape index (κ1) is 19.7. The van der Waals surface area contributed by atoms with Gasteiger partial charge in [-0.25, -0.2) is 13.9 Å². The molecule has 0 bridgehead atoms. The predicted octanol–water partition coefficient (Wildman–Crippen LogP) is 2.77. The highest BCUT2D eigenvalue weighted by molar-refractivity contribution is 6.30. The van der Waals surface area contributed by atoms with E-state index in [2.05, 4.69) is 15.4 Å². The van der Waals surface area contributed by atoms with Gasteiger partial charge in [-0.15, -0.1) is 0 Å². The molecule has 7 nitrogen and oxygen atoms in total. The number of carbonyl (C=O) groups excluding carboxylic acids is 1. The lowest BCUT2D eigenvalue weighted by Gasteiger charge is -2.05. The molecule has 28 heavy (non-hydrogen) atoms. The summed E-state index contributed by atoms with van der Waals surface area (Å²) >= 11 is 5.81. The fraction of sp³-hybridized carbons (Fsp3) is 0.263. The van der Waals surface area contributed by atoms with Crippen molar-refractivity contribution in [3.8, 4) is 6.07 Å². The first-order chi connectivity index (χ1) is 13.6. The molecule has 1 aromatic carbocycles. The number of carbonyl (C=O) groups is 1. The van der Waals surface area contributed by atoms with E-state index >= 15 is 0 Å². The second kappa shape index (κ2) is 9.26. The van der Waals surface area contributed by atoms with Crippen molar-refractivity contribution in [2.24, 2.45) is 0 Å². The summed E-state index contributed by atoms with van der Waals surface area (Å²) in [6, 6.07) is 6.53. The molecule has 0 aliphatic rings. The van der Waals surface area contributed by atoms with Gasteiger partial charge in [0.2, 0.25) is 0 Å². The van der Waals surface area contributed by atoms with Crippen LogP contribution in [0.4, 0.5) is 4.39 Å². The van der Waals surface area contributed by atoms with E-state index < -0.39 is 5.82 Å². The van der Waals surface area contributed by atoms with Crippen LogP contribution >= 0.6 is 11.6 Å². The summed E-state index contributed by atoms with van der Waals surface area (Å²) in [4.78, 5) is 16.6. The molecule has 0 saturated heterocycles. The number of rotatable bonds is 8. The number of amides is 1. The second-order valence-corrected chi connectivity index (χ2v) is 6.40. The predicted molar refractivity (Wildman–Crippen MR) is 101 cm³/mol. The molecule has 1 N–H and O–H groups in total. The van der Waals surface area contributed by atoms with E-state index in [1.165, 1.54) is 16.8 Å². The molecule has 2 heterocycles. The zero-order valence-corrected chi connectivity index (χ0v) is 15.6. The standard InChI is InChI=1S/C19H17ClFN5O2/c20-16-9-13(2-3-17(16)21)8-14-10-24-18-15(11-25-26(18)12-14)19(27)23-5-7-28-6-1-4-22/h2-3,9-12H,1,5-8H2,(H,23,27). The van der Waals surface area contributed by atoms with Crippen LogP contribution in [0.25, 0.3) is 5.65 Å². The molecule has 2 aromatic heterocycles. The Morgan fingerprint density at radius 2 is 2.18 bits per heavy atom. The van der Waals surface area contributed by atoms with Crippen molar-refractivity contribution in [1.82, 2.24) is 19.9 Å². The van der Waals surface area contributed by atoms with Gasteiger partial charge in [-0.1, -0.05) is 17.7 Å². The molecule has 1 amide bonds. The molecule has 0 radical (unpaired) electrons. The van der Waals surface area contributed by atoms with Gasteiger partial charge in [0, 0.05) is 25.4 Å². The molecule has 0 atom stereocenters. The van der Waals surface area contributed by atoms with Crippen LogP contribution < -0.4 is 5.32 Å². The molecule has 0 spiro atoms. The van der Waals surface area contributed by atoms with Crippen LogP contribution in [-0.2, 0) is 11.2 Å². The van der Waals surface area contributed by atoms with Gasteiger partial charge in [0.25, 0.3) is 5.91 Å². The average molecular weight is 402 g/mol. The third-order valence-corrected chi connectivity index (χ3v) is 4.23. The molecule has 0 fully saturated rings. The molecule has 144 valence electrons. The molecule has 0 aliphatic heterocycles. The van der Waals surface area contributed by atoms with Gasteiger partial charge in [0.15, 0.2) is 5.65 Å². The lowest BCUT2D eigenvalue weighted by molar-refractivity contribution is 0.0920. The summed E-state index contributed by atoms with van der Waals surface area (Å²) in [5, 5.41) is 15.4. The quantitative estimate of drug-likeness (QED) is 0.586. The summed E-state index contributed by atoms with van der Waals surface area (Å²) in [6.07, 6.45) is 5.69. The van der Waals surface area contributed by atoms with Gasteiger partial charge in [-0.3, -0.25) is 4.79 Å². The molecule has 3 rings (SSSR count). The Kier molecular flexibility index (Phi) is 6.53. The van der Waals surface area contributed by atoms with Crippen molar-refractivity contribution in [2.45, 2.75) is 12.8 Å². The van der Waals surface area contributed by atoms with Crippen LogP contribution in [-0.4, -0.2) is 40.3 Å². The number of ether oxygens (including phenoxy) is 1. The molecular formula is C19H17ClFN5O2. The summed E-state index contributed by atoms with van der Waals surface area (Å²) in [6.45, 7) is 0.988. The minimum Gasteiger partial charge on any atom is -0.379 e. The van der Waals surface area contributed by atoms with E-state index in [-0.39, 0.29) is 10.9 Å². The van der Waals surface area contributed by atoms with Crippen molar-refractivity contribution in [3.63, 3.8) is 0 Å². The van der Waals surface area contributed by atoms with Gasteiger partial charge < -0.3 is 10.1 Å². The highest BCUT2D eigenvalue weighted by atomic mass is 35.5. The van der Waals surface area contributed by atoms with Crippen LogP contribution in [0.2, 0.25) is 5.02 Å². The second-order valence-electron chi connectivity index (χ2n) is 5.99. The number of halogens is 2. The van der Waals surface area contributed by atoms with Crippen LogP contribution in [0.15, 0.2) is 36.8 Å². The van der Waals surface area contributed by atoms with E-state index in [4.69, 9.17) is 21.6 Å². The first-order valence-electron chi connectivity index (χ1n) is 8.57. The number of fused-ring (bicyclic) bond motifs is 1. The lowest BCUT2D eigenvalue weighted by Crippen LogP contribution is -2.27. The number of hydrogen-bond donors (Lipinski definition) is 1. The highest BCUT2D eigenvalue weighted by Crippen LogP contribution is 2.18. The average Bonchev–Trinajstić information content (AvgIpc) is 3.10. The van der Waals surface area contributed by atoms with E-state index in [1.54, 1.807) is 24.5 Å². The maximum atomic E-state index is 13.3. The third-order valence-electron chi connectivity index (χ3n) is 3.94. The van der Waals surface area contributed by atoms with Crippen molar-refractivity contribution in [2.75, 3.05) is 19.8 Å². The lowest BCUT2D eigenvalue weighted by atomic mass is 10.1. The number of nitrogens with zero attached hydrogens (tertiary/aromatic N) is 4. The fourth-order valence-electron chi connectivity index (χ4n) is 2.60. The minimum atomic E-state index is -0.461. The third kappa shape index (κ3) is 4.82. The maximum absolute atomic E-state index is 13.3. The maximum Gasteiger partial charge on any atom is 0.256 e. The Morgan fingerprint density at radius 1 is 1.32 bits per heavy atom. The SMILES string of the molecule is N#CCCOCCNC(=O)c1cnn2cc(Cc3ccc(F)c(Cl)c3)cnc12. The summed E-state index contributed by atoms with van der Waals surface area (Å²) in [7, 11) is 0. The number of aromatic nitrogens is 3. The zero-order chi connectivity index (χ0) is 19.9. The molecule has 9 heteroatoms. The van der Waals surface area contributed by atoms with Gasteiger partial charge in [0.1, 0.15) is 11.4 Å². The Balaban J connectivity index is 1.64. The van der Waals surface area contributed by atoms with E-state index in [0.717, 1.165) is 11.1 Å². The van der Waals surface area contributed by atoms with Gasteiger partial charge in [-0.2, -0.15) is 10.4 Å². The van der Waals surface area contributed by atoms with Crippen LogP contribution in [0.5, 0.6) is 0 Å². The fourth-order valence-corrected chi connectivity index (χ4v) is 2.81. The summed E-state index contributed by atoms with van der Waals surface area (Å²) in [5.41, 5.74) is 2.47. The Bertz CT molecular complexity index is 1030. The first-order valence-corrected chi connectivity index (χ1v) is 8.95. The largest absolute Gasteiger partial charge is 0.379 e. The zero-order valence-electron chi connectivity index (χ0n) is 14.9. The molecule has 3 aromatic rings. The number of nitrogens with one attached hydrogen (secondary N) is 1. The smallest absolute Gasteiger partial charge is 0.256 e. The van der Waals surface area contributed by atoms with Crippen molar-refractivity contribution in [1.29, 1.82) is 5.26 Å².